The normalized spacial score (nSPS) is 12.8. The van der Waals surface area contributed by atoms with Crippen LogP contribution in [0.15, 0.2) is 109 Å². The predicted molar refractivity (Wildman–Crippen MR) is 339 cm³/mol. The molecule has 0 aromatic rings. The van der Waals surface area contributed by atoms with Gasteiger partial charge in [-0.3, -0.25) is 14.4 Å². The Morgan fingerprint density at radius 1 is 0.269 bits per heavy atom. The molecule has 0 heterocycles. The fourth-order valence-electron chi connectivity index (χ4n) is 9.17. The summed E-state index contributed by atoms with van der Waals surface area (Å²) in [6.45, 7) is 6.39. The van der Waals surface area contributed by atoms with E-state index in [1.54, 1.807) is 0 Å². The molecule has 0 aliphatic heterocycles. The van der Waals surface area contributed by atoms with Gasteiger partial charge in [0.25, 0.3) is 0 Å². The van der Waals surface area contributed by atoms with Crippen molar-refractivity contribution in [3.63, 3.8) is 0 Å². The van der Waals surface area contributed by atoms with E-state index >= 15 is 0 Å². The lowest BCUT2D eigenvalue weighted by atomic mass is 10.0. The van der Waals surface area contributed by atoms with Gasteiger partial charge in [-0.05, 0) is 103 Å². The molecule has 6 nitrogen and oxygen atoms in total. The molecule has 0 aromatic carbocycles. The molecule has 0 saturated carbocycles. The van der Waals surface area contributed by atoms with E-state index in [1.165, 1.54) is 135 Å². The van der Waals surface area contributed by atoms with E-state index in [-0.39, 0.29) is 31.1 Å². The van der Waals surface area contributed by atoms with Crippen LogP contribution < -0.4 is 0 Å². The number of carbonyl (C=O) groups is 3. The molecular formula is C72H122O6. The fourth-order valence-corrected chi connectivity index (χ4v) is 9.17. The number of carbonyl (C=O) groups excluding carboxylic acids is 3. The van der Waals surface area contributed by atoms with Crippen LogP contribution in [-0.4, -0.2) is 37.2 Å². The van der Waals surface area contributed by atoms with Crippen molar-refractivity contribution in [1.82, 2.24) is 0 Å². The van der Waals surface area contributed by atoms with Crippen molar-refractivity contribution in [3.05, 3.63) is 109 Å². The van der Waals surface area contributed by atoms with E-state index in [0.717, 1.165) is 135 Å². The van der Waals surface area contributed by atoms with Gasteiger partial charge in [-0.15, -0.1) is 0 Å². The molecule has 0 amide bonds. The molecule has 0 aliphatic rings. The number of rotatable bonds is 59. The van der Waals surface area contributed by atoms with Crippen LogP contribution in [0, 0.1) is 0 Å². The van der Waals surface area contributed by atoms with E-state index in [4.69, 9.17) is 14.2 Å². The zero-order chi connectivity index (χ0) is 56.4. The molecular weight excluding hydrogens is 961 g/mol. The Hall–Kier alpha value is -3.93. The summed E-state index contributed by atoms with van der Waals surface area (Å²) in [7, 11) is 0. The summed E-state index contributed by atoms with van der Waals surface area (Å²) < 4.78 is 16.9. The first-order valence-corrected chi connectivity index (χ1v) is 32.9. The number of unbranched alkanes of at least 4 members (excludes halogenated alkanes) is 30. The molecule has 0 radical (unpaired) electrons. The monoisotopic (exact) mass is 1080 g/mol. The molecule has 0 spiro atoms. The molecule has 0 N–H and O–H groups in total. The Kier molecular flexibility index (Phi) is 62.3. The van der Waals surface area contributed by atoms with E-state index in [1.807, 2.05) is 0 Å². The van der Waals surface area contributed by atoms with Crippen molar-refractivity contribution in [2.45, 2.75) is 316 Å². The van der Waals surface area contributed by atoms with Gasteiger partial charge in [0.15, 0.2) is 6.10 Å². The minimum atomic E-state index is -0.786. The van der Waals surface area contributed by atoms with Crippen LogP contribution >= 0.6 is 0 Å². The van der Waals surface area contributed by atoms with Gasteiger partial charge < -0.3 is 14.2 Å². The number of hydrogen-bond donors (Lipinski definition) is 0. The van der Waals surface area contributed by atoms with Crippen LogP contribution in [0.3, 0.4) is 0 Å². The fraction of sp³-hybridized carbons (Fsp3) is 0.708. The van der Waals surface area contributed by atoms with Crippen LogP contribution in [0.1, 0.15) is 310 Å². The van der Waals surface area contributed by atoms with Crippen LogP contribution in [0.4, 0.5) is 0 Å². The molecule has 1 unspecified atom stereocenters. The average molecular weight is 1080 g/mol. The van der Waals surface area contributed by atoms with E-state index in [2.05, 4.69) is 130 Å². The summed E-state index contributed by atoms with van der Waals surface area (Å²) in [6, 6.07) is 0. The lowest BCUT2D eigenvalue weighted by Crippen LogP contribution is -2.30. The molecule has 0 bridgehead atoms. The topological polar surface area (TPSA) is 78.9 Å². The van der Waals surface area contributed by atoms with Gasteiger partial charge in [-0.25, -0.2) is 0 Å². The van der Waals surface area contributed by atoms with Crippen molar-refractivity contribution in [2.75, 3.05) is 13.2 Å². The zero-order valence-electron chi connectivity index (χ0n) is 51.2. The average Bonchev–Trinajstić information content (AvgIpc) is 3.44. The molecule has 0 saturated heterocycles. The molecule has 0 fully saturated rings. The maximum atomic E-state index is 12.9. The summed E-state index contributed by atoms with van der Waals surface area (Å²) in [5.74, 6) is -0.897. The Morgan fingerprint density at radius 2 is 0.500 bits per heavy atom. The first kappa shape index (κ1) is 74.1. The van der Waals surface area contributed by atoms with Gasteiger partial charge in [-0.2, -0.15) is 0 Å². The molecule has 78 heavy (non-hydrogen) atoms. The number of ether oxygens (including phenoxy) is 3. The SMILES string of the molecule is CC/C=C\C/C=C\C/C=C\C/C=C\C/C=C\CCCCCCCC(=O)OC(COC(=O)CCCCCCCCCC)COC(=O)CCCCCCCCCCCCCCCCCCCC/C=C\C/C=C\C/C=C\C/C=C\CC. The highest BCUT2D eigenvalue weighted by Crippen LogP contribution is 2.17. The number of esters is 3. The minimum Gasteiger partial charge on any atom is -0.462 e. The maximum Gasteiger partial charge on any atom is 0.306 e. The van der Waals surface area contributed by atoms with Crippen LogP contribution in [0.25, 0.3) is 0 Å². The smallest absolute Gasteiger partial charge is 0.306 e. The van der Waals surface area contributed by atoms with Crippen molar-refractivity contribution >= 4 is 17.9 Å². The third kappa shape index (κ3) is 62.9. The lowest BCUT2D eigenvalue weighted by molar-refractivity contribution is -0.167. The van der Waals surface area contributed by atoms with Gasteiger partial charge >= 0.3 is 17.9 Å². The summed E-state index contributed by atoms with van der Waals surface area (Å²) >= 11 is 0. The molecule has 0 rings (SSSR count). The highest BCUT2D eigenvalue weighted by Gasteiger charge is 2.19. The van der Waals surface area contributed by atoms with E-state index in [9.17, 15) is 14.4 Å². The zero-order valence-corrected chi connectivity index (χ0v) is 51.2. The second kappa shape index (κ2) is 65.6. The second-order valence-electron chi connectivity index (χ2n) is 21.6. The molecule has 6 heteroatoms. The van der Waals surface area contributed by atoms with Gasteiger partial charge in [0.2, 0.25) is 0 Å². The third-order valence-corrected chi connectivity index (χ3v) is 14.0. The van der Waals surface area contributed by atoms with E-state index in [0.29, 0.717) is 19.3 Å². The Labute approximate surface area is 482 Å². The van der Waals surface area contributed by atoms with Crippen molar-refractivity contribution in [3.8, 4) is 0 Å². The van der Waals surface area contributed by atoms with Crippen LogP contribution in [0.2, 0.25) is 0 Å². The van der Waals surface area contributed by atoms with Gasteiger partial charge in [0, 0.05) is 19.3 Å². The largest absolute Gasteiger partial charge is 0.462 e. The Morgan fingerprint density at radius 3 is 0.782 bits per heavy atom. The summed E-state index contributed by atoms with van der Waals surface area (Å²) in [4.78, 5) is 38.2. The summed E-state index contributed by atoms with van der Waals surface area (Å²) in [5, 5.41) is 0. The predicted octanol–water partition coefficient (Wildman–Crippen LogP) is 22.6. The molecule has 446 valence electrons. The molecule has 0 aromatic heterocycles. The van der Waals surface area contributed by atoms with E-state index < -0.39 is 6.10 Å². The van der Waals surface area contributed by atoms with Crippen LogP contribution in [0.5, 0.6) is 0 Å². The van der Waals surface area contributed by atoms with Crippen molar-refractivity contribution in [1.29, 1.82) is 0 Å². The first-order valence-electron chi connectivity index (χ1n) is 32.9. The first-order chi connectivity index (χ1) is 38.5. The number of allylic oxidation sites excluding steroid dienone is 18. The summed E-state index contributed by atoms with van der Waals surface area (Å²) in [5.41, 5.74) is 0. The van der Waals surface area contributed by atoms with Crippen molar-refractivity contribution < 1.29 is 28.6 Å². The second-order valence-corrected chi connectivity index (χ2v) is 21.6. The quantitative estimate of drug-likeness (QED) is 0.0261. The van der Waals surface area contributed by atoms with Gasteiger partial charge in [0.05, 0.1) is 0 Å². The Balaban J connectivity index is 4.13. The molecule has 1 atom stereocenters. The highest BCUT2D eigenvalue weighted by atomic mass is 16.6. The van der Waals surface area contributed by atoms with Crippen molar-refractivity contribution in [2.24, 2.45) is 0 Å². The minimum absolute atomic E-state index is 0.0833. The standard InChI is InChI=1S/C72H122O6/c1-4-7-10-13-16-19-21-23-25-27-29-31-32-33-34-35-36-37-38-39-40-42-43-45-47-49-51-53-56-59-62-65-71(74)77-68-69(67-76-70(73)64-61-58-55-18-15-12-9-6-3)78-72(75)66-63-60-57-54-52-50-48-46-44-41-30-28-26-24-22-20-17-14-11-8-5-2/h7-8,10-11,16-17,19-20,23-26,29-31,41,46,48,69H,4-6,9,12-15,18,21-22,27-28,32-40,42-45,47,49-68H2,1-3H3/b10-7-,11-8-,19-16-,20-17-,25-23-,26-24-,31-29-,41-30-,48-46-. The third-order valence-electron chi connectivity index (χ3n) is 14.0. The van der Waals surface area contributed by atoms with Gasteiger partial charge in [0.1, 0.15) is 13.2 Å². The van der Waals surface area contributed by atoms with Crippen LogP contribution in [-0.2, 0) is 28.6 Å². The lowest BCUT2D eigenvalue weighted by Gasteiger charge is -2.18. The highest BCUT2D eigenvalue weighted by molar-refractivity contribution is 5.71. The number of hydrogen-bond acceptors (Lipinski definition) is 6. The van der Waals surface area contributed by atoms with Gasteiger partial charge in [-0.1, -0.05) is 297 Å². The Bertz CT molecular complexity index is 1570. The maximum absolute atomic E-state index is 12.9. The summed E-state index contributed by atoms with van der Waals surface area (Å²) in [6.07, 6.45) is 89.8. The molecule has 0 aliphatic carbocycles.